The summed E-state index contributed by atoms with van der Waals surface area (Å²) in [5.41, 5.74) is 0.210. The molecule has 1 rings (SSSR count). The van der Waals surface area contributed by atoms with Gasteiger partial charge in [-0.25, -0.2) is 9.78 Å². The molecule has 1 aromatic heterocycles. The van der Waals surface area contributed by atoms with E-state index in [1.807, 2.05) is 14.1 Å². The molecule has 0 aliphatic rings. The zero-order valence-corrected chi connectivity index (χ0v) is 11.3. The number of aromatic nitrogens is 1. The van der Waals surface area contributed by atoms with Gasteiger partial charge in [0.05, 0.1) is 0 Å². The molecule has 0 spiro atoms. The van der Waals surface area contributed by atoms with Gasteiger partial charge >= 0.3 is 5.97 Å². The zero-order valence-electron chi connectivity index (χ0n) is 11.3. The summed E-state index contributed by atoms with van der Waals surface area (Å²) in [7, 11) is 3.99. The van der Waals surface area contributed by atoms with E-state index in [2.05, 4.69) is 29.0 Å². The lowest BCUT2D eigenvalue weighted by Gasteiger charge is -2.26. The van der Waals surface area contributed by atoms with Gasteiger partial charge in [-0.1, -0.05) is 13.8 Å². The van der Waals surface area contributed by atoms with Crippen molar-refractivity contribution in [3.05, 3.63) is 23.9 Å². The van der Waals surface area contributed by atoms with Crippen molar-refractivity contribution in [2.75, 3.05) is 26.0 Å². The topological polar surface area (TPSA) is 65.5 Å². The molecule has 0 bridgehead atoms. The van der Waals surface area contributed by atoms with Crippen LogP contribution < -0.4 is 5.32 Å². The molecule has 5 heteroatoms. The normalized spacial score (nSPS) is 12.8. The highest BCUT2D eigenvalue weighted by molar-refractivity contribution is 5.93. The molecule has 2 N–H and O–H groups in total. The average molecular weight is 251 g/mol. The summed E-state index contributed by atoms with van der Waals surface area (Å²) in [5, 5.41) is 12.3. The second-order valence-electron chi connectivity index (χ2n) is 4.96. The minimum Gasteiger partial charge on any atom is -0.478 e. The van der Waals surface area contributed by atoms with Crippen molar-refractivity contribution < 1.29 is 9.90 Å². The van der Waals surface area contributed by atoms with Gasteiger partial charge in [-0.05, 0) is 32.1 Å². The Bertz CT molecular complexity index is 405. The molecule has 1 unspecified atom stereocenters. The number of carbonyl (C=O) groups is 1. The van der Waals surface area contributed by atoms with Crippen LogP contribution in [0, 0.1) is 5.92 Å². The van der Waals surface area contributed by atoms with Crippen LogP contribution in [0.15, 0.2) is 18.3 Å². The molecule has 0 fully saturated rings. The number of carboxylic acid groups (broad SMARTS) is 1. The van der Waals surface area contributed by atoms with Gasteiger partial charge in [-0.3, -0.25) is 0 Å². The summed E-state index contributed by atoms with van der Waals surface area (Å²) in [4.78, 5) is 17.3. The SMILES string of the molecule is CC(C)C(CN(C)C)Nc1ncccc1C(=O)O. The number of anilines is 1. The van der Waals surface area contributed by atoms with E-state index >= 15 is 0 Å². The van der Waals surface area contributed by atoms with E-state index in [1.54, 1.807) is 18.3 Å². The number of likely N-dealkylation sites (N-methyl/N-ethyl adjacent to an activating group) is 1. The van der Waals surface area contributed by atoms with Crippen LogP contribution in [-0.4, -0.2) is 47.6 Å². The molecule has 0 amide bonds. The molecule has 5 nitrogen and oxygen atoms in total. The van der Waals surface area contributed by atoms with Crippen LogP contribution >= 0.6 is 0 Å². The predicted octanol–water partition coefficient (Wildman–Crippen LogP) is 1.78. The van der Waals surface area contributed by atoms with E-state index < -0.39 is 5.97 Å². The fourth-order valence-corrected chi connectivity index (χ4v) is 1.69. The lowest BCUT2D eigenvalue weighted by molar-refractivity contribution is 0.0697. The van der Waals surface area contributed by atoms with Crippen LogP contribution in [-0.2, 0) is 0 Å². The first-order chi connectivity index (χ1) is 8.41. The van der Waals surface area contributed by atoms with Crippen molar-refractivity contribution >= 4 is 11.8 Å². The summed E-state index contributed by atoms with van der Waals surface area (Å²) >= 11 is 0. The summed E-state index contributed by atoms with van der Waals surface area (Å²) in [6.07, 6.45) is 1.60. The summed E-state index contributed by atoms with van der Waals surface area (Å²) in [5.74, 6) is -0.139. The molecule has 0 aliphatic carbocycles. The van der Waals surface area contributed by atoms with E-state index in [-0.39, 0.29) is 11.6 Å². The van der Waals surface area contributed by atoms with Crippen molar-refractivity contribution in [3.63, 3.8) is 0 Å². The first-order valence-electron chi connectivity index (χ1n) is 6.01. The second-order valence-corrected chi connectivity index (χ2v) is 4.96. The lowest BCUT2D eigenvalue weighted by atomic mass is 10.0. The van der Waals surface area contributed by atoms with Gasteiger partial charge in [-0.2, -0.15) is 0 Å². The van der Waals surface area contributed by atoms with Crippen LogP contribution in [0.3, 0.4) is 0 Å². The number of nitrogens with zero attached hydrogens (tertiary/aromatic N) is 2. The largest absolute Gasteiger partial charge is 0.478 e. The number of rotatable bonds is 6. The molecule has 1 atom stereocenters. The predicted molar refractivity (Wildman–Crippen MR) is 72.0 cm³/mol. The minimum atomic E-state index is -0.960. The highest BCUT2D eigenvalue weighted by atomic mass is 16.4. The Balaban J connectivity index is 2.90. The van der Waals surface area contributed by atoms with Crippen LogP contribution in [0.4, 0.5) is 5.82 Å². The van der Waals surface area contributed by atoms with Gasteiger partial charge in [0.15, 0.2) is 0 Å². The van der Waals surface area contributed by atoms with Crippen molar-refractivity contribution in [2.45, 2.75) is 19.9 Å². The molecule has 0 aromatic carbocycles. The molecule has 0 aliphatic heterocycles. The van der Waals surface area contributed by atoms with E-state index in [0.29, 0.717) is 11.7 Å². The molecule has 0 saturated carbocycles. The van der Waals surface area contributed by atoms with E-state index in [1.165, 1.54) is 0 Å². The third-order valence-corrected chi connectivity index (χ3v) is 2.73. The summed E-state index contributed by atoms with van der Waals surface area (Å²) in [6, 6.07) is 3.35. The van der Waals surface area contributed by atoms with Crippen molar-refractivity contribution in [1.29, 1.82) is 0 Å². The highest BCUT2D eigenvalue weighted by Gasteiger charge is 2.18. The van der Waals surface area contributed by atoms with Crippen LogP contribution in [0.25, 0.3) is 0 Å². The first-order valence-corrected chi connectivity index (χ1v) is 6.01. The fourth-order valence-electron chi connectivity index (χ4n) is 1.69. The third kappa shape index (κ3) is 4.00. The average Bonchev–Trinajstić information content (AvgIpc) is 2.27. The number of hydrogen-bond donors (Lipinski definition) is 2. The summed E-state index contributed by atoms with van der Waals surface area (Å²) in [6.45, 7) is 5.03. The quantitative estimate of drug-likeness (QED) is 0.806. The van der Waals surface area contributed by atoms with Gasteiger partial charge in [0, 0.05) is 18.8 Å². The second kappa shape index (κ2) is 6.35. The molecule has 1 aromatic rings. The smallest absolute Gasteiger partial charge is 0.339 e. The third-order valence-electron chi connectivity index (χ3n) is 2.73. The van der Waals surface area contributed by atoms with Gasteiger partial charge in [-0.15, -0.1) is 0 Å². The Morgan fingerprint density at radius 1 is 1.50 bits per heavy atom. The fraction of sp³-hybridized carbons (Fsp3) is 0.538. The Kier molecular flexibility index (Phi) is 5.09. The summed E-state index contributed by atoms with van der Waals surface area (Å²) < 4.78 is 0. The van der Waals surface area contributed by atoms with E-state index in [0.717, 1.165) is 6.54 Å². The zero-order chi connectivity index (χ0) is 13.7. The van der Waals surface area contributed by atoms with Crippen molar-refractivity contribution in [3.8, 4) is 0 Å². The number of hydrogen-bond acceptors (Lipinski definition) is 4. The monoisotopic (exact) mass is 251 g/mol. The maximum atomic E-state index is 11.1. The van der Waals surface area contributed by atoms with Crippen LogP contribution in [0.5, 0.6) is 0 Å². The van der Waals surface area contributed by atoms with Crippen LogP contribution in [0.1, 0.15) is 24.2 Å². The standard InChI is InChI=1S/C13H21N3O2/c1-9(2)11(8-16(3)4)15-12-10(13(17)18)6-5-7-14-12/h5-7,9,11H,8H2,1-4H3,(H,14,15)(H,17,18). The molecule has 1 heterocycles. The molecule has 0 saturated heterocycles. The van der Waals surface area contributed by atoms with Crippen molar-refractivity contribution in [2.24, 2.45) is 5.92 Å². The van der Waals surface area contributed by atoms with E-state index in [4.69, 9.17) is 5.11 Å². The Hall–Kier alpha value is -1.62. The molecule has 0 radical (unpaired) electrons. The molecular formula is C13H21N3O2. The number of aromatic carboxylic acids is 1. The van der Waals surface area contributed by atoms with Gasteiger partial charge < -0.3 is 15.3 Å². The number of pyridine rings is 1. The van der Waals surface area contributed by atoms with Crippen LogP contribution in [0.2, 0.25) is 0 Å². The Labute approximate surface area is 108 Å². The molecule has 100 valence electrons. The first kappa shape index (κ1) is 14.4. The minimum absolute atomic E-state index is 0.160. The lowest BCUT2D eigenvalue weighted by Crippen LogP contribution is -2.37. The molecular weight excluding hydrogens is 230 g/mol. The maximum absolute atomic E-state index is 11.1. The van der Waals surface area contributed by atoms with Gasteiger partial charge in [0.1, 0.15) is 11.4 Å². The number of carboxylic acids is 1. The maximum Gasteiger partial charge on any atom is 0.339 e. The Morgan fingerprint density at radius 2 is 2.17 bits per heavy atom. The van der Waals surface area contributed by atoms with Gasteiger partial charge in [0.25, 0.3) is 0 Å². The van der Waals surface area contributed by atoms with Gasteiger partial charge in [0.2, 0.25) is 0 Å². The molecule has 18 heavy (non-hydrogen) atoms. The van der Waals surface area contributed by atoms with Crippen molar-refractivity contribution in [1.82, 2.24) is 9.88 Å². The Morgan fingerprint density at radius 3 is 2.67 bits per heavy atom. The van der Waals surface area contributed by atoms with E-state index in [9.17, 15) is 4.79 Å². The number of nitrogens with one attached hydrogen (secondary N) is 1. The highest BCUT2D eigenvalue weighted by Crippen LogP contribution is 2.15.